The lowest BCUT2D eigenvalue weighted by atomic mass is 10.1. The Kier molecular flexibility index (Phi) is 5.18. The Labute approximate surface area is 145 Å². The van der Waals surface area contributed by atoms with Gasteiger partial charge in [0, 0.05) is 10.6 Å². The maximum Gasteiger partial charge on any atom is 0.270 e. The van der Waals surface area contributed by atoms with Crippen LogP contribution in [0.2, 0.25) is 5.02 Å². The zero-order chi connectivity index (χ0) is 16.4. The van der Waals surface area contributed by atoms with E-state index in [0.717, 1.165) is 5.56 Å². The summed E-state index contributed by atoms with van der Waals surface area (Å²) in [7, 11) is 0. The van der Waals surface area contributed by atoms with E-state index in [1.165, 1.54) is 4.68 Å². The number of aromatic nitrogens is 3. The van der Waals surface area contributed by atoms with Gasteiger partial charge in [0.2, 0.25) is 0 Å². The van der Waals surface area contributed by atoms with Crippen LogP contribution < -0.4 is 11.5 Å². The minimum atomic E-state index is -0.717. The Bertz CT molecular complexity index is 767. The van der Waals surface area contributed by atoms with Gasteiger partial charge >= 0.3 is 0 Å². The molecule has 22 heavy (non-hydrogen) atoms. The van der Waals surface area contributed by atoms with Crippen LogP contribution in [0.25, 0.3) is 5.03 Å². The molecule has 2 aromatic rings. The molecule has 1 aromatic carbocycles. The molecule has 1 amide bonds. The number of halogens is 4. The predicted octanol–water partition coefficient (Wildman–Crippen LogP) is 3.00. The van der Waals surface area contributed by atoms with Crippen molar-refractivity contribution in [3.8, 4) is 0 Å². The Hall–Kier alpha value is -1.47. The van der Waals surface area contributed by atoms with Crippen molar-refractivity contribution in [2.45, 2.75) is 6.54 Å². The topological polar surface area (TPSA) is 99.8 Å². The molecular formula is C12H9Cl4N5O. The second-order valence-corrected chi connectivity index (χ2v) is 5.97. The van der Waals surface area contributed by atoms with Gasteiger partial charge in [-0.15, -0.1) is 5.10 Å². The van der Waals surface area contributed by atoms with Crippen LogP contribution in [0.3, 0.4) is 0 Å². The van der Waals surface area contributed by atoms with E-state index >= 15 is 0 Å². The number of rotatable bonds is 4. The fourth-order valence-corrected chi connectivity index (χ4v) is 2.51. The van der Waals surface area contributed by atoms with Crippen molar-refractivity contribution < 1.29 is 4.79 Å². The minimum Gasteiger partial charge on any atom is -0.380 e. The van der Waals surface area contributed by atoms with E-state index in [2.05, 4.69) is 10.3 Å². The van der Waals surface area contributed by atoms with Gasteiger partial charge < -0.3 is 11.5 Å². The van der Waals surface area contributed by atoms with Gasteiger partial charge in [-0.1, -0.05) is 63.7 Å². The molecule has 0 radical (unpaired) electrons. The number of amides is 1. The number of anilines is 1. The number of hydrogen-bond acceptors (Lipinski definition) is 4. The SMILES string of the molecule is NC(=O)c1c(N)nnn1Cc1ccc(C(Cl)=C(Cl)Cl)c(Cl)c1. The molecule has 2 rings (SSSR count). The molecule has 0 aliphatic heterocycles. The maximum atomic E-state index is 11.3. The van der Waals surface area contributed by atoms with Crippen LogP contribution >= 0.6 is 46.4 Å². The fraction of sp³-hybridized carbons (Fsp3) is 0.0833. The molecule has 1 aromatic heterocycles. The molecule has 10 heteroatoms. The van der Waals surface area contributed by atoms with E-state index in [0.29, 0.717) is 10.6 Å². The molecule has 0 spiro atoms. The van der Waals surface area contributed by atoms with E-state index in [9.17, 15) is 4.79 Å². The minimum absolute atomic E-state index is 0.0296. The lowest BCUT2D eigenvalue weighted by Gasteiger charge is -2.08. The molecule has 116 valence electrons. The average Bonchev–Trinajstić information content (AvgIpc) is 2.79. The third kappa shape index (κ3) is 3.47. The molecule has 4 N–H and O–H groups in total. The highest BCUT2D eigenvalue weighted by Crippen LogP contribution is 2.33. The second kappa shape index (κ2) is 6.75. The number of benzene rings is 1. The fourth-order valence-electron chi connectivity index (χ4n) is 1.80. The first-order valence-corrected chi connectivity index (χ1v) is 7.30. The van der Waals surface area contributed by atoms with Gasteiger partial charge in [0.15, 0.2) is 11.5 Å². The van der Waals surface area contributed by atoms with Crippen LogP contribution in [-0.2, 0) is 6.54 Å². The highest BCUT2D eigenvalue weighted by molar-refractivity contribution is 6.67. The summed E-state index contributed by atoms with van der Waals surface area (Å²) < 4.78 is 1.20. The van der Waals surface area contributed by atoms with Crippen LogP contribution in [-0.4, -0.2) is 20.9 Å². The van der Waals surface area contributed by atoms with Gasteiger partial charge in [-0.05, 0) is 11.6 Å². The number of carbonyl (C=O) groups excluding carboxylic acids is 1. The Morgan fingerprint density at radius 3 is 2.50 bits per heavy atom. The molecule has 0 saturated heterocycles. The number of hydrogen-bond donors (Lipinski definition) is 2. The molecule has 0 saturated carbocycles. The number of primary amides is 1. The first-order chi connectivity index (χ1) is 10.3. The summed E-state index contributed by atoms with van der Waals surface area (Å²) in [4.78, 5) is 11.3. The van der Waals surface area contributed by atoms with Crippen LogP contribution in [0.1, 0.15) is 21.6 Å². The highest BCUT2D eigenvalue weighted by atomic mass is 35.5. The van der Waals surface area contributed by atoms with Gasteiger partial charge in [0.1, 0.15) is 4.49 Å². The third-order valence-corrected chi connectivity index (χ3v) is 4.04. The van der Waals surface area contributed by atoms with E-state index < -0.39 is 5.91 Å². The largest absolute Gasteiger partial charge is 0.380 e. The van der Waals surface area contributed by atoms with Gasteiger partial charge in [-0.2, -0.15) is 0 Å². The molecule has 0 aliphatic carbocycles. The molecule has 1 heterocycles. The molecule has 0 fully saturated rings. The Morgan fingerprint density at radius 2 is 1.95 bits per heavy atom. The molecule has 0 bridgehead atoms. The van der Waals surface area contributed by atoms with E-state index in [-0.39, 0.29) is 27.6 Å². The van der Waals surface area contributed by atoms with E-state index in [1.807, 2.05) is 0 Å². The molecular weight excluding hydrogens is 372 g/mol. The monoisotopic (exact) mass is 379 g/mol. The molecule has 0 aliphatic rings. The van der Waals surface area contributed by atoms with Crippen molar-refractivity contribution in [2.75, 3.05) is 5.73 Å². The average molecular weight is 381 g/mol. The van der Waals surface area contributed by atoms with Crippen LogP contribution in [0.4, 0.5) is 5.82 Å². The zero-order valence-corrected chi connectivity index (χ0v) is 13.9. The normalized spacial score (nSPS) is 10.5. The molecule has 0 atom stereocenters. The maximum absolute atomic E-state index is 11.3. The summed E-state index contributed by atoms with van der Waals surface area (Å²) in [5.74, 6) is -0.750. The Morgan fingerprint density at radius 1 is 1.27 bits per heavy atom. The van der Waals surface area contributed by atoms with Gasteiger partial charge in [0.25, 0.3) is 5.91 Å². The van der Waals surface area contributed by atoms with Crippen LogP contribution in [0, 0.1) is 0 Å². The highest BCUT2D eigenvalue weighted by Gasteiger charge is 2.16. The summed E-state index contributed by atoms with van der Waals surface area (Å²) in [6.07, 6.45) is 0. The van der Waals surface area contributed by atoms with Gasteiger partial charge in [-0.25, -0.2) is 4.68 Å². The summed E-state index contributed by atoms with van der Waals surface area (Å²) in [6, 6.07) is 5.01. The van der Waals surface area contributed by atoms with Gasteiger partial charge in [0.05, 0.1) is 11.6 Å². The van der Waals surface area contributed by atoms with Crippen LogP contribution in [0.5, 0.6) is 0 Å². The van der Waals surface area contributed by atoms with Crippen molar-refractivity contribution in [3.63, 3.8) is 0 Å². The quantitative estimate of drug-likeness (QED) is 0.851. The van der Waals surface area contributed by atoms with Crippen molar-refractivity contribution in [1.29, 1.82) is 0 Å². The third-order valence-electron chi connectivity index (χ3n) is 2.76. The summed E-state index contributed by atoms with van der Waals surface area (Å²) in [5, 5.41) is 7.87. The smallest absolute Gasteiger partial charge is 0.270 e. The predicted molar refractivity (Wildman–Crippen MR) is 88.0 cm³/mol. The number of nitrogen functional groups attached to an aromatic ring is 1. The van der Waals surface area contributed by atoms with E-state index in [4.69, 9.17) is 57.9 Å². The first-order valence-electron chi connectivity index (χ1n) is 5.79. The number of carbonyl (C=O) groups is 1. The lowest BCUT2D eigenvalue weighted by Crippen LogP contribution is -2.19. The number of nitrogens with zero attached hydrogens (tertiary/aromatic N) is 3. The molecule has 6 nitrogen and oxygen atoms in total. The zero-order valence-electron chi connectivity index (χ0n) is 10.9. The number of nitrogens with two attached hydrogens (primary N) is 2. The Balaban J connectivity index is 2.35. The van der Waals surface area contributed by atoms with Crippen molar-refractivity contribution in [2.24, 2.45) is 5.73 Å². The van der Waals surface area contributed by atoms with Gasteiger partial charge in [-0.3, -0.25) is 4.79 Å². The summed E-state index contributed by atoms with van der Waals surface area (Å²) >= 11 is 23.4. The second-order valence-electron chi connectivity index (χ2n) is 4.23. The molecule has 0 unspecified atom stereocenters. The lowest BCUT2D eigenvalue weighted by molar-refractivity contribution is 0.0991. The summed E-state index contributed by atoms with van der Waals surface area (Å²) in [5.41, 5.74) is 12.0. The first kappa shape index (κ1) is 16.9. The van der Waals surface area contributed by atoms with Crippen LogP contribution in [0.15, 0.2) is 22.7 Å². The van der Waals surface area contributed by atoms with Crippen molar-refractivity contribution >= 4 is 63.2 Å². The standard InChI is InChI=1S/C12H9Cl4N5O/c13-7-3-5(1-2-6(7)8(14)10(15)16)4-21-9(12(18)22)11(17)19-20-21/h1-3H,4,17H2,(H2,18,22). The van der Waals surface area contributed by atoms with Crippen molar-refractivity contribution in [3.05, 3.63) is 44.5 Å². The van der Waals surface area contributed by atoms with E-state index in [1.54, 1.807) is 18.2 Å². The summed E-state index contributed by atoms with van der Waals surface area (Å²) in [6.45, 7) is 0.207. The van der Waals surface area contributed by atoms with Crippen molar-refractivity contribution in [1.82, 2.24) is 15.0 Å².